The van der Waals surface area contributed by atoms with Crippen molar-refractivity contribution in [3.05, 3.63) is 11.6 Å². The Hall–Kier alpha value is -1.62. The smallest absolute Gasteiger partial charge is 0.231 e. The fraction of sp³-hybridized carbons (Fsp3) is 0.500. The highest BCUT2D eigenvalue weighted by atomic mass is 16.7. The Morgan fingerprint density at radius 3 is 2.59 bits per heavy atom. The summed E-state index contributed by atoms with van der Waals surface area (Å²) in [6.07, 6.45) is -0.0348. The lowest BCUT2D eigenvalue weighted by Gasteiger charge is -2.16. The van der Waals surface area contributed by atoms with E-state index < -0.39 is 6.10 Å². The summed E-state index contributed by atoms with van der Waals surface area (Å²) in [5.74, 6) is 2.07. The third-order valence-corrected chi connectivity index (χ3v) is 2.76. The number of benzene rings is 1. The lowest BCUT2D eigenvalue weighted by atomic mass is 10.0. The zero-order chi connectivity index (χ0) is 12.4. The first kappa shape index (κ1) is 11.9. The molecule has 0 bridgehead atoms. The normalized spacial score (nSPS) is 14.6. The topological polar surface area (TPSA) is 57.2 Å². The van der Waals surface area contributed by atoms with E-state index in [0.29, 0.717) is 35.0 Å². The molecule has 0 spiro atoms. The van der Waals surface area contributed by atoms with Gasteiger partial charge in [-0.15, -0.1) is 0 Å². The van der Waals surface area contributed by atoms with Crippen molar-refractivity contribution in [2.75, 3.05) is 21.0 Å². The molecule has 0 amide bonds. The molecule has 1 aromatic carbocycles. The molecule has 2 rings (SSSR count). The molecule has 0 saturated carbocycles. The number of hydrogen-bond acceptors (Lipinski definition) is 5. The second-order valence-electron chi connectivity index (χ2n) is 3.69. The molecule has 1 aliphatic rings. The lowest BCUT2D eigenvalue weighted by Crippen LogP contribution is -2.01. The van der Waals surface area contributed by atoms with Gasteiger partial charge in [-0.05, 0) is 12.5 Å². The van der Waals surface area contributed by atoms with Crippen LogP contribution < -0.4 is 18.9 Å². The van der Waals surface area contributed by atoms with Gasteiger partial charge in [0.05, 0.1) is 20.3 Å². The van der Waals surface area contributed by atoms with E-state index in [1.165, 1.54) is 7.11 Å². The van der Waals surface area contributed by atoms with E-state index in [0.717, 1.165) is 0 Å². The lowest BCUT2D eigenvalue weighted by molar-refractivity contribution is 0.162. The van der Waals surface area contributed by atoms with E-state index in [4.69, 9.17) is 18.9 Å². The molecule has 1 heterocycles. The maximum Gasteiger partial charge on any atom is 0.231 e. The predicted molar refractivity (Wildman–Crippen MR) is 60.9 cm³/mol. The molecule has 0 saturated heterocycles. The quantitative estimate of drug-likeness (QED) is 0.870. The molecule has 0 aliphatic carbocycles. The Labute approximate surface area is 99.9 Å². The highest BCUT2D eigenvalue weighted by Gasteiger charge is 2.28. The summed E-state index contributed by atoms with van der Waals surface area (Å²) < 4.78 is 21.2. The average molecular weight is 240 g/mol. The molecule has 1 N–H and O–H groups in total. The summed E-state index contributed by atoms with van der Waals surface area (Å²) in [5.41, 5.74) is 0.649. The van der Waals surface area contributed by atoms with Gasteiger partial charge in [0, 0.05) is 5.56 Å². The summed E-state index contributed by atoms with van der Waals surface area (Å²) in [4.78, 5) is 0. The molecule has 1 atom stereocenters. The Kier molecular flexibility index (Phi) is 3.28. The summed E-state index contributed by atoms with van der Waals surface area (Å²) in [5, 5.41) is 9.96. The summed E-state index contributed by atoms with van der Waals surface area (Å²) in [7, 11) is 3.08. The Bertz CT molecular complexity index is 416. The second kappa shape index (κ2) is 4.71. The van der Waals surface area contributed by atoms with Crippen molar-refractivity contribution in [1.29, 1.82) is 0 Å². The highest BCUT2D eigenvalue weighted by Crippen LogP contribution is 2.51. The second-order valence-corrected chi connectivity index (χ2v) is 3.69. The van der Waals surface area contributed by atoms with E-state index in [1.54, 1.807) is 13.2 Å². The maximum atomic E-state index is 9.96. The van der Waals surface area contributed by atoms with Gasteiger partial charge in [0.2, 0.25) is 18.3 Å². The van der Waals surface area contributed by atoms with Crippen LogP contribution in [0.1, 0.15) is 25.0 Å². The maximum absolute atomic E-state index is 9.96. The third kappa shape index (κ3) is 1.86. The van der Waals surface area contributed by atoms with Crippen LogP contribution in [0.3, 0.4) is 0 Å². The van der Waals surface area contributed by atoms with Gasteiger partial charge in [0.25, 0.3) is 0 Å². The van der Waals surface area contributed by atoms with E-state index in [2.05, 4.69) is 0 Å². The van der Waals surface area contributed by atoms with Gasteiger partial charge >= 0.3 is 0 Å². The Morgan fingerprint density at radius 2 is 2.00 bits per heavy atom. The number of fused-ring (bicyclic) bond motifs is 1. The van der Waals surface area contributed by atoms with Crippen LogP contribution in [-0.4, -0.2) is 26.1 Å². The fourth-order valence-corrected chi connectivity index (χ4v) is 1.86. The average Bonchev–Trinajstić information content (AvgIpc) is 2.84. The standard InChI is InChI=1S/C12H16O5/c1-4-8(13)7-5-9(14-2)11-12(10(7)15-3)17-6-16-11/h5,8,13H,4,6H2,1-3H3/t8-/m0/s1. The monoisotopic (exact) mass is 240 g/mol. The molecule has 0 aromatic heterocycles. The molecule has 0 radical (unpaired) electrons. The molecular formula is C12H16O5. The molecule has 17 heavy (non-hydrogen) atoms. The first-order chi connectivity index (χ1) is 8.22. The molecule has 94 valence electrons. The van der Waals surface area contributed by atoms with Crippen molar-refractivity contribution >= 4 is 0 Å². The first-order valence-electron chi connectivity index (χ1n) is 5.45. The van der Waals surface area contributed by atoms with Crippen LogP contribution in [-0.2, 0) is 0 Å². The molecular weight excluding hydrogens is 224 g/mol. The zero-order valence-electron chi connectivity index (χ0n) is 10.1. The molecule has 5 heteroatoms. The fourth-order valence-electron chi connectivity index (χ4n) is 1.86. The van der Waals surface area contributed by atoms with Crippen molar-refractivity contribution in [3.8, 4) is 23.0 Å². The van der Waals surface area contributed by atoms with Crippen molar-refractivity contribution in [3.63, 3.8) is 0 Å². The molecule has 0 fully saturated rings. The number of hydrogen-bond donors (Lipinski definition) is 1. The molecule has 5 nitrogen and oxygen atoms in total. The van der Waals surface area contributed by atoms with Gasteiger partial charge in [-0.3, -0.25) is 0 Å². The minimum absolute atomic E-state index is 0.133. The largest absolute Gasteiger partial charge is 0.493 e. The number of aliphatic hydroxyl groups is 1. The van der Waals surface area contributed by atoms with Gasteiger partial charge in [-0.1, -0.05) is 6.92 Å². The zero-order valence-corrected chi connectivity index (χ0v) is 10.1. The van der Waals surface area contributed by atoms with Crippen molar-refractivity contribution in [2.45, 2.75) is 19.4 Å². The van der Waals surface area contributed by atoms with Crippen LogP contribution in [0.4, 0.5) is 0 Å². The highest BCUT2D eigenvalue weighted by molar-refractivity contribution is 5.64. The van der Waals surface area contributed by atoms with Gasteiger partial charge in [0.15, 0.2) is 11.5 Å². The van der Waals surface area contributed by atoms with Crippen LogP contribution in [0, 0.1) is 0 Å². The predicted octanol–water partition coefficient (Wildman–Crippen LogP) is 1.88. The Morgan fingerprint density at radius 1 is 1.29 bits per heavy atom. The summed E-state index contributed by atoms with van der Waals surface area (Å²) in [6.45, 7) is 2.02. The van der Waals surface area contributed by atoms with Gasteiger partial charge < -0.3 is 24.1 Å². The Balaban J connectivity index is 2.59. The molecule has 1 aliphatic heterocycles. The van der Waals surface area contributed by atoms with Crippen LogP contribution in [0.2, 0.25) is 0 Å². The molecule has 0 unspecified atom stereocenters. The molecule has 1 aromatic rings. The van der Waals surface area contributed by atoms with Crippen molar-refractivity contribution in [1.82, 2.24) is 0 Å². The number of ether oxygens (including phenoxy) is 4. The van der Waals surface area contributed by atoms with E-state index >= 15 is 0 Å². The number of rotatable bonds is 4. The van der Waals surface area contributed by atoms with E-state index in [-0.39, 0.29) is 6.79 Å². The van der Waals surface area contributed by atoms with Crippen LogP contribution >= 0.6 is 0 Å². The minimum atomic E-state index is -0.617. The first-order valence-corrected chi connectivity index (χ1v) is 5.45. The van der Waals surface area contributed by atoms with Crippen molar-refractivity contribution in [2.24, 2.45) is 0 Å². The minimum Gasteiger partial charge on any atom is -0.493 e. The van der Waals surface area contributed by atoms with Gasteiger partial charge in [-0.25, -0.2) is 0 Å². The van der Waals surface area contributed by atoms with Crippen molar-refractivity contribution < 1.29 is 24.1 Å². The third-order valence-electron chi connectivity index (χ3n) is 2.76. The number of methoxy groups -OCH3 is 2. The summed E-state index contributed by atoms with van der Waals surface area (Å²) in [6, 6.07) is 1.72. The van der Waals surface area contributed by atoms with Crippen LogP contribution in [0.25, 0.3) is 0 Å². The van der Waals surface area contributed by atoms with E-state index in [9.17, 15) is 5.11 Å². The van der Waals surface area contributed by atoms with Crippen LogP contribution in [0.5, 0.6) is 23.0 Å². The van der Waals surface area contributed by atoms with Gasteiger partial charge in [-0.2, -0.15) is 0 Å². The SMILES string of the molecule is CC[C@H](O)c1cc(OC)c2c(c1OC)OCO2. The van der Waals surface area contributed by atoms with Gasteiger partial charge in [0.1, 0.15) is 0 Å². The van der Waals surface area contributed by atoms with E-state index in [1.807, 2.05) is 6.92 Å². The van der Waals surface area contributed by atoms with Crippen LogP contribution in [0.15, 0.2) is 6.07 Å². The number of aliphatic hydroxyl groups excluding tert-OH is 1. The summed E-state index contributed by atoms with van der Waals surface area (Å²) >= 11 is 0.